The van der Waals surface area contributed by atoms with Crippen LogP contribution in [0.3, 0.4) is 0 Å². The fraction of sp³-hybridized carbons (Fsp3) is 0.800. The molecular formula is C10H19N3O2. The Labute approximate surface area is 89.8 Å². The van der Waals surface area contributed by atoms with E-state index < -0.39 is 12.1 Å². The van der Waals surface area contributed by atoms with Gasteiger partial charge in [-0.15, -0.1) is 0 Å². The topological polar surface area (TPSA) is 84.2 Å². The molecule has 0 radical (unpaired) electrons. The molecule has 86 valence electrons. The van der Waals surface area contributed by atoms with E-state index in [1.165, 1.54) is 19.3 Å². The molecule has 0 bridgehead atoms. The zero-order chi connectivity index (χ0) is 11.3. The summed E-state index contributed by atoms with van der Waals surface area (Å²) in [6, 6.07) is -0.950. The van der Waals surface area contributed by atoms with Crippen LogP contribution in [0.5, 0.6) is 0 Å². The van der Waals surface area contributed by atoms with Gasteiger partial charge >= 0.3 is 6.03 Å². The molecule has 0 aromatic rings. The number of nitrogens with one attached hydrogen (secondary N) is 2. The lowest BCUT2D eigenvalue weighted by molar-refractivity contribution is -0.123. The number of rotatable bonds is 3. The fourth-order valence-corrected chi connectivity index (χ4v) is 1.85. The van der Waals surface area contributed by atoms with E-state index in [4.69, 9.17) is 5.73 Å². The van der Waals surface area contributed by atoms with Gasteiger partial charge in [0.25, 0.3) is 0 Å². The van der Waals surface area contributed by atoms with Crippen molar-refractivity contribution in [2.24, 2.45) is 5.73 Å². The van der Waals surface area contributed by atoms with Crippen LogP contribution in [0.4, 0.5) is 4.79 Å². The molecule has 1 fully saturated rings. The molecule has 1 rings (SSSR count). The molecule has 4 N–H and O–H groups in total. The summed E-state index contributed by atoms with van der Waals surface area (Å²) in [6.07, 6.45) is 5.66. The van der Waals surface area contributed by atoms with E-state index in [1.54, 1.807) is 6.92 Å². The summed E-state index contributed by atoms with van der Waals surface area (Å²) in [6.45, 7) is 1.63. The zero-order valence-corrected chi connectivity index (χ0v) is 9.08. The summed E-state index contributed by atoms with van der Waals surface area (Å²) in [5.74, 6) is -0.152. The Morgan fingerprint density at radius 1 is 1.27 bits per heavy atom. The van der Waals surface area contributed by atoms with Gasteiger partial charge in [-0.25, -0.2) is 4.79 Å². The predicted octanol–water partition coefficient (Wildman–Crippen LogP) is 0.492. The standard InChI is InChI=1S/C10H19N3O2/c1-7(12-10(11)15)9(14)13-8-5-3-2-4-6-8/h7-8H,2-6H2,1H3,(H,13,14)(H3,11,12,15). The van der Waals surface area contributed by atoms with Gasteiger partial charge in [-0.3, -0.25) is 4.79 Å². The molecule has 15 heavy (non-hydrogen) atoms. The van der Waals surface area contributed by atoms with Crippen LogP contribution >= 0.6 is 0 Å². The first-order chi connectivity index (χ1) is 7.09. The first-order valence-corrected chi connectivity index (χ1v) is 5.46. The number of carbonyl (C=O) groups excluding carboxylic acids is 2. The second-order valence-electron chi connectivity index (χ2n) is 4.07. The maximum Gasteiger partial charge on any atom is 0.312 e. The summed E-state index contributed by atoms with van der Waals surface area (Å²) >= 11 is 0. The van der Waals surface area contributed by atoms with Crippen molar-refractivity contribution in [1.82, 2.24) is 10.6 Å². The van der Waals surface area contributed by atoms with Crippen LogP contribution in [0.1, 0.15) is 39.0 Å². The monoisotopic (exact) mass is 213 g/mol. The molecule has 1 aliphatic carbocycles. The van der Waals surface area contributed by atoms with Crippen LogP contribution in [-0.4, -0.2) is 24.0 Å². The average molecular weight is 213 g/mol. The lowest BCUT2D eigenvalue weighted by Gasteiger charge is -2.24. The normalized spacial score (nSPS) is 19.3. The number of urea groups is 1. The molecule has 5 heteroatoms. The molecule has 0 saturated heterocycles. The van der Waals surface area contributed by atoms with Crippen molar-refractivity contribution in [3.05, 3.63) is 0 Å². The molecule has 0 aromatic heterocycles. The van der Waals surface area contributed by atoms with Gasteiger partial charge in [0.2, 0.25) is 5.91 Å². The van der Waals surface area contributed by atoms with Crippen LogP contribution in [0.15, 0.2) is 0 Å². The minimum Gasteiger partial charge on any atom is -0.352 e. The highest BCUT2D eigenvalue weighted by Gasteiger charge is 2.19. The van der Waals surface area contributed by atoms with Crippen LogP contribution in [0.25, 0.3) is 0 Å². The summed E-state index contributed by atoms with van der Waals surface area (Å²) in [4.78, 5) is 22.1. The van der Waals surface area contributed by atoms with Crippen LogP contribution < -0.4 is 16.4 Å². The Bertz CT molecular complexity index is 237. The summed E-state index contributed by atoms with van der Waals surface area (Å²) < 4.78 is 0. The number of hydrogen-bond acceptors (Lipinski definition) is 2. The predicted molar refractivity (Wildman–Crippen MR) is 57.2 cm³/mol. The molecule has 0 spiro atoms. The molecule has 0 aromatic carbocycles. The highest BCUT2D eigenvalue weighted by atomic mass is 16.2. The van der Waals surface area contributed by atoms with E-state index in [-0.39, 0.29) is 11.9 Å². The van der Waals surface area contributed by atoms with Gasteiger partial charge < -0.3 is 16.4 Å². The Balaban J connectivity index is 2.30. The second-order valence-corrected chi connectivity index (χ2v) is 4.07. The molecule has 5 nitrogen and oxygen atoms in total. The Morgan fingerprint density at radius 3 is 2.40 bits per heavy atom. The summed E-state index contributed by atoms with van der Waals surface area (Å²) in [5.41, 5.74) is 4.93. The maximum absolute atomic E-state index is 11.6. The van der Waals surface area contributed by atoms with Crippen molar-refractivity contribution < 1.29 is 9.59 Å². The van der Waals surface area contributed by atoms with E-state index in [0.717, 1.165) is 12.8 Å². The number of primary amides is 1. The highest BCUT2D eigenvalue weighted by molar-refractivity contribution is 5.86. The largest absolute Gasteiger partial charge is 0.352 e. The highest BCUT2D eigenvalue weighted by Crippen LogP contribution is 2.17. The summed E-state index contributed by atoms with van der Waals surface area (Å²) in [5, 5.41) is 5.27. The smallest absolute Gasteiger partial charge is 0.312 e. The zero-order valence-electron chi connectivity index (χ0n) is 9.08. The van der Waals surface area contributed by atoms with Gasteiger partial charge in [0, 0.05) is 6.04 Å². The second kappa shape index (κ2) is 5.58. The minimum atomic E-state index is -0.665. The Hall–Kier alpha value is -1.26. The molecule has 0 aliphatic heterocycles. The van der Waals surface area contributed by atoms with E-state index in [9.17, 15) is 9.59 Å². The number of hydrogen-bond donors (Lipinski definition) is 3. The van der Waals surface area contributed by atoms with Gasteiger partial charge in [0.1, 0.15) is 6.04 Å². The van der Waals surface area contributed by atoms with Crippen molar-refractivity contribution in [2.45, 2.75) is 51.1 Å². The van der Waals surface area contributed by atoms with Crippen molar-refractivity contribution in [2.75, 3.05) is 0 Å². The molecule has 1 aliphatic rings. The van der Waals surface area contributed by atoms with E-state index in [1.807, 2.05) is 0 Å². The summed E-state index contributed by atoms with van der Waals surface area (Å²) in [7, 11) is 0. The molecule has 3 amide bonds. The van der Waals surface area contributed by atoms with Crippen LogP contribution in [0, 0.1) is 0 Å². The lowest BCUT2D eigenvalue weighted by Crippen LogP contribution is -2.49. The first-order valence-electron chi connectivity index (χ1n) is 5.46. The van der Waals surface area contributed by atoms with Crippen molar-refractivity contribution in [1.29, 1.82) is 0 Å². The number of carbonyl (C=O) groups is 2. The van der Waals surface area contributed by atoms with E-state index in [2.05, 4.69) is 10.6 Å². The van der Waals surface area contributed by atoms with Crippen molar-refractivity contribution in [3.63, 3.8) is 0 Å². The first kappa shape index (κ1) is 11.8. The number of amides is 3. The molecule has 0 heterocycles. The fourth-order valence-electron chi connectivity index (χ4n) is 1.85. The average Bonchev–Trinajstić information content (AvgIpc) is 2.18. The van der Waals surface area contributed by atoms with Gasteiger partial charge in [-0.2, -0.15) is 0 Å². The van der Waals surface area contributed by atoms with Crippen LogP contribution in [-0.2, 0) is 4.79 Å². The van der Waals surface area contributed by atoms with Crippen LogP contribution in [0.2, 0.25) is 0 Å². The quantitative estimate of drug-likeness (QED) is 0.637. The third-order valence-electron chi connectivity index (χ3n) is 2.70. The maximum atomic E-state index is 11.6. The van der Waals surface area contributed by atoms with Crippen molar-refractivity contribution >= 4 is 11.9 Å². The van der Waals surface area contributed by atoms with Gasteiger partial charge in [-0.05, 0) is 19.8 Å². The van der Waals surface area contributed by atoms with Gasteiger partial charge in [0.05, 0.1) is 0 Å². The number of nitrogens with two attached hydrogens (primary N) is 1. The molecule has 1 atom stereocenters. The third kappa shape index (κ3) is 4.18. The molecule has 1 saturated carbocycles. The van der Waals surface area contributed by atoms with Crippen molar-refractivity contribution in [3.8, 4) is 0 Å². The SMILES string of the molecule is CC(NC(N)=O)C(=O)NC1CCCCC1. The Kier molecular flexibility index (Phi) is 4.39. The van der Waals surface area contributed by atoms with Gasteiger partial charge in [0.15, 0.2) is 0 Å². The van der Waals surface area contributed by atoms with Gasteiger partial charge in [-0.1, -0.05) is 19.3 Å². The van der Waals surface area contributed by atoms with E-state index >= 15 is 0 Å². The molecule has 1 unspecified atom stereocenters. The van der Waals surface area contributed by atoms with E-state index in [0.29, 0.717) is 0 Å². The third-order valence-corrected chi connectivity index (χ3v) is 2.70. The Morgan fingerprint density at radius 2 is 1.87 bits per heavy atom. The lowest BCUT2D eigenvalue weighted by atomic mass is 9.95. The minimum absolute atomic E-state index is 0.152. The molecular weight excluding hydrogens is 194 g/mol.